The summed E-state index contributed by atoms with van der Waals surface area (Å²) in [6, 6.07) is -0.735. The van der Waals surface area contributed by atoms with Crippen LogP contribution >= 0.6 is 0 Å². The molecule has 0 heterocycles. The van der Waals surface area contributed by atoms with Crippen LogP contribution in [0.5, 0.6) is 0 Å². The molecule has 0 saturated carbocycles. The number of ether oxygens (including phenoxy) is 1. The Morgan fingerprint density at radius 1 is 0.525 bits per heavy atom. The first kappa shape index (κ1) is 56.3. The lowest BCUT2D eigenvalue weighted by Crippen LogP contribution is -2.46. The number of carbonyl (C=O) groups is 2. The second-order valence-corrected chi connectivity index (χ2v) is 16.5. The van der Waals surface area contributed by atoms with Gasteiger partial charge in [-0.2, -0.15) is 0 Å². The molecule has 0 aromatic rings. The minimum Gasteiger partial charge on any atom is -0.461 e. The van der Waals surface area contributed by atoms with Crippen LogP contribution in [0, 0.1) is 0 Å². The smallest absolute Gasteiger partial charge is 0.306 e. The monoisotopic (exact) mass is 824 g/mol. The van der Waals surface area contributed by atoms with Gasteiger partial charge in [0.2, 0.25) is 5.91 Å². The Labute approximate surface area is 364 Å². The average Bonchev–Trinajstić information content (AvgIpc) is 3.23. The molecule has 0 aromatic heterocycles. The third-order valence-electron chi connectivity index (χ3n) is 10.8. The summed E-state index contributed by atoms with van der Waals surface area (Å²) in [7, 11) is 0. The van der Waals surface area contributed by atoms with Gasteiger partial charge in [0, 0.05) is 12.8 Å². The van der Waals surface area contributed by atoms with Gasteiger partial charge < -0.3 is 20.3 Å². The highest BCUT2D eigenvalue weighted by atomic mass is 16.5. The maximum atomic E-state index is 13.2. The van der Waals surface area contributed by atoms with E-state index in [0.29, 0.717) is 19.3 Å². The van der Waals surface area contributed by atoms with Gasteiger partial charge in [0.15, 0.2) is 0 Å². The molecule has 0 spiro atoms. The van der Waals surface area contributed by atoms with E-state index in [1.54, 1.807) is 0 Å². The van der Waals surface area contributed by atoms with Crippen LogP contribution in [0.3, 0.4) is 0 Å². The van der Waals surface area contributed by atoms with Gasteiger partial charge in [0.05, 0.1) is 25.2 Å². The summed E-state index contributed by atoms with van der Waals surface area (Å²) >= 11 is 0. The average molecular weight is 824 g/mol. The van der Waals surface area contributed by atoms with Gasteiger partial charge in [-0.15, -0.1) is 0 Å². The molecule has 1 amide bonds. The Balaban J connectivity index is 4.72. The Bertz CT molecular complexity index is 1110. The first-order chi connectivity index (χ1) is 29.0. The molecule has 3 N–H and O–H groups in total. The van der Waals surface area contributed by atoms with Crippen molar-refractivity contribution in [3.05, 3.63) is 72.9 Å². The standard InChI is InChI=1S/C53H93NO5/c1-4-7-10-13-16-19-22-24-26-27-30-32-35-38-41-44-49(59-53(58)46-43-40-37-34-29-21-18-15-12-9-6-3)47-52(57)54-50(48-55)51(56)45-42-39-36-33-31-28-25-23-20-17-14-11-8-5-2/h7,10,15-16,18-19,24,26,30,32,38,41,49-51,55-56H,4-6,8-9,11-14,17,20-23,25,27-29,31,33-37,39-40,42-48H2,1-3H3,(H,54,57)/b10-7-,18-15-,19-16-,26-24-,32-30-,41-38-. The molecule has 6 heteroatoms. The molecule has 0 aromatic carbocycles. The number of aliphatic hydroxyl groups excluding tert-OH is 2. The van der Waals surface area contributed by atoms with E-state index in [1.165, 1.54) is 96.3 Å². The Kier molecular flexibility index (Phi) is 44.2. The molecule has 0 fully saturated rings. The molecule has 0 bridgehead atoms. The summed E-state index contributed by atoms with van der Waals surface area (Å²) in [5.74, 6) is -0.594. The van der Waals surface area contributed by atoms with Crippen molar-refractivity contribution in [3.8, 4) is 0 Å². The molecule has 0 saturated heterocycles. The van der Waals surface area contributed by atoms with E-state index in [-0.39, 0.29) is 24.9 Å². The number of rotatable bonds is 43. The number of nitrogens with one attached hydrogen (secondary N) is 1. The summed E-state index contributed by atoms with van der Waals surface area (Å²) in [6.45, 7) is 6.29. The van der Waals surface area contributed by atoms with Gasteiger partial charge in [-0.05, 0) is 64.2 Å². The van der Waals surface area contributed by atoms with E-state index in [2.05, 4.69) is 86.8 Å². The minimum absolute atomic E-state index is 0.00605. The van der Waals surface area contributed by atoms with Gasteiger partial charge in [0.25, 0.3) is 0 Å². The Hall–Kier alpha value is -2.70. The first-order valence-electron chi connectivity index (χ1n) is 24.7. The van der Waals surface area contributed by atoms with Crippen LogP contribution in [0.15, 0.2) is 72.9 Å². The number of allylic oxidation sites excluding steroid dienone is 11. The van der Waals surface area contributed by atoms with Crippen LogP contribution < -0.4 is 5.32 Å². The summed E-state index contributed by atoms with van der Waals surface area (Å²) in [5.41, 5.74) is 0. The molecule has 59 heavy (non-hydrogen) atoms. The zero-order valence-electron chi connectivity index (χ0n) is 38.6. The number of esters is 1. The van der Waals surface area contributed by atoms with E-state index in [9.17, 15) is 19.8 Å². The maximum Gasteiger partial charge on any atom is 0.306 e. The molecule has 0 rings (SSSR count). The number of hydrogen-bond donors (Lipinski definition) is 3. The molecule has 3 atom stereocenters. The fraction of sp³-hybridized carbons (Fsp3) is 0.736. The third kappa shape index (κ3) is 41.8. The predicted octanol–water partition coefficient (Wildman–Crippen LogP) is 14.6. The van der Waals surface area contributed by atoms with Crippen molar-refractivity contribution in [2.24, 2.45) is 0 Å². The van der Waals surface area contributed by atoms with Crippen LogP contribution in [-0.4, -0.2) is 46.9 Å². The lowest BCUT2D eigenvalue weighted by molar-refractivity contribution is -0.150. The summed E-state index contributed by atoms with van der Waals surface area (Å²) < 4.78 is 5.84. The number of hydrogen-bond acceptors (Lipinski definition) is 5. The van der Waals surface area contributed by atoms with E-state index < -0.39 is 18.2 Å². The molecule has 0 aliphatic heterocycles. The fourth-order valence-electron chi connectivity index (χ4n) is 7.02. The summed E-state index contributed by atoms with van der Waals surface area (Å²) in [5, 5.41) is 23.7. The second-order valence-electron chi connectivity index (χ2n) is 16.5. The van der Waals surface area contributed by atoms with Gasteiger partial charge in [0.1, 0.15) is 6.10 Å². The molecule has 3 unspecified atom stereocenters. The molecule has 340 valence electrons. The number of carbonyl (C=O) groups excluding carboxylic acids is 2. The van der Waals surface area contributed by atoms with Crippen molar-refractivity contribution >= 4 is 11.9 Å². The normalized spacial score (nSPS) is 13.9. The zero-order valence-corrected chi connectivity index (χ0v) is 38.6. The molecule has 0 aliphatic carbocycles. The Morgan fingerprint density at radius 2 is 0.966 bits per heavy atom. The van der Waals surface area contributed by atoms with Crippen molar-refractivity contribution in [1.29, 1.82) is 0 Å². The number of unbranched alkanes of at least 4 members (excludes halogenated alkanes) is 20. The minimum atomic E-state index is -0.815. The molecular weight excluding hydrogens is 731 g/mol. The molecule has 0 aliphatic rings. The van der Waals surface area contributed by atoms with Crippen LogP contribution in [-0.2, 0) is 14.3 Å². The highest BCUT2D eigenvalue weighted by molar-refractivity contribution is 5.77. The van der Waals surface area contributed by atoms with Crippen LogP contribution in [0.4, 0.5) is 0 Å². The van der Waals surface area contributed by atoms with E-state index in [4.69, 9.17) is 4.74 Å². The van der Waals surface area contributed by atoms with Gasteiger partial charge in [-0.1, -0.05) is 216 Å². The Morgan fingerprint density at radius 3 is 1.47 bits per heavy atom. The molecule has 0 radical (unpaired) electrons. The maximum absolute atomic E-state index is 13.2. The first-order valence-corrected chi connectivity index (χ1v) is 24.7. The lowest BCUT2D eigenvalue weighted by atomic mass is 10.0. The highest BCUT2D eigenvalue weighted by Gasteiger charge is 2.23. The van der Waals surface area contributed by atoms with Crippen LogP contribution in [0.1, 0.15) is 226 Å². The summed E-state index contributed by atoms with van der Waals surface area (Å²) in [4.78, 5) is 26.0. The third-order valence-corrected chi connectivity index (χ3v) is 10.8. The van der Waals surface area contributed by atoms with Gasteiger partial charge in [-0.3, -0.25) is 9.59 Å². The van der Waals surface area contributed by atoms with Crippen LogP contribution in [0.2, 0.25) is 0 Å². The summed E-state index contributed by atoms with van der Waals surface area (Å²) in [6.07, 6.45) is 58.3. The van der Waals surface area contributed by atoms with Crippen molar-refractivity contribution < 1.29 is 24.5 Å². The highest BCUT2D eigenvalue weighted by Crippen LogP contribution is 2.16. The quantitative estimate of drug-likeness (QED) is 0.0323. The zero-order chi connectivity index (χ0) is 43.1. The lowest BCUT2D eigenvalue weighted by Gasteiger charge is -2.24. The fourth-order valence-corrected chi connectivity index (χ4v) is 7.02. The van der Waals surface area contributed by atoms with E-state index >= 15 is 0 Å². The van der Waals surface area contributed by atoms with Crippen molar-refractivity contribution in [2.45, 2.75) is 244 Å². The van der Waals surface area contributed by atoms with Gasteiger partial charge in [-0.25, -0.2) is 0 Å². The van der Waals surface area contributed by atoms with E-state index in [1.807, 2.05) is 12.2 Å². The topological polar surface area (TPSA) is 95.9 Å². The van der Waals surface area contributed by atoms with Crippen molar-refractivity contribution in [3.63, 3.8) is 0 Å². The largest absolute Gasteiger partial charge is 0.461 e. The number of aliphatic hydroxyl groups is 2. The predicted molar refractivity (Wildman–Crippen MR) is 255 cm³/mol. The van der Waals surface area contributed by atoms with Crippen LogP contribution in [0.25, 0.3) is 0 Å². The van der Waals surface area contributed by atoms with Crippen molar-refractivity contribution in [1.82, 2.24) is 5.32 Å². The van der Waals surface area contributed by atoms with Gasteiger partial charge >= 0.3 is 5.97 Å². The second kappa shape index (κ2) is 46.4. The van der Waals surface area contributed by atoms with Crippen molar-refractivity contribution in [2.75, 3.05) is 6.61 Å². The van der Waals surface area contributed by atoms with E-state index in [0.717, 1.165) is 83.5 Å². The molecule has 6 nitrogen and oxygen atoms in total. The number of amides is 1. The molecular formula is C53H93NO5. The SMILES string of the molecule is CC/C=C\C/C=C\C/C=C\C/C=C\C/C=C\CC(CC(=O)NC(CO)C(O)CCCCCCCCCCCCCCCC)OC(=O)CCCCCCC/C=C\CCCC.